The van der Waals surface area contributed by atoms with Gasteiger partial charge < -0.3 is 0 Å². The lowest BCUT2D eigenvalue weighted by Gasteiger charge is -2.29. The molecule has 1 aromatic rings. The predicted octanol–water partition coefficient (Wildman–Crippen LogP) is 2.61. The molecule has 1 unspecified atom stereocenters. The summed E-state index contributed by atoms with van der Waals surface area (Å²) in [4.78, 5) is 22.1. The van der Waals surface area contributed by atoms with Crippen molar-refractivity contribution in [1.82, 2.24) is 0 Å². The first kappa shape index (κ1) is 11.5. The molecule has 0 radical (unpaired) electrons. The number of carbonyl (C=O) groups excluding carboxylic acids is 1. The lowest BCUT2D eigenvalue weighted by Crippen LogP contribution is -2.31. The summed E-state index contributed by atoms with van der Waals surface area (Å²) in [6, 6.07) is 7.44. The van der Waals surface area contributed by atoms with Gasteiger partial charge in [0, 0.05) is 5.56 Å². The topological polar surface area (TPSA) is 60.2 Å². The minimum Gasteiger partial charge on any atom is -0.293 e. The number of hydrogen-bond donors (Lipinski definition) is 0. The molecule has 0 fully saturated rings. The first-order valence-corrected chi connectivity index (χ1v) is 5.48. The van der Waals surface area contributed by atoms with E-state index < -0.39 is 10.3 Å². The molecule has 0 N–H and O–H groups in total. The first-order valence-electron chi connectivity index (χ1n) is 5.48. The highest BCUT2D eigenvalue weighted by atomic mass is 16.6. The monoisotopic (exact) mass is 231 g/mol. The Morgan fingerprint density at radius 1 is 1.41 bits per heavy atom. The average molecular weight is 231 g/mol. The number of allylic oxidation sites excluding steroid dienone is 1. The van der Waals surface area contributed by atoms with Crippen LogP contribution in [0.5, 0.6) is 0 Å². The number of hydrogen-bond acceptors (Lipinski definition) is 3. The molecule has 88 valence electrons. The normalized spacial score (nSPS) is 23.7. The van der Waals surface area contributed by atoms with Gasteiger partial charge in [0.15, 0.2) is 5.78 Å². The van der Waals surface area contributed by atoms with Gasteiger partial charge in [0.2, 0.25) is 6.20 Å². The number of nitro groups is 1. The van der Waals surface area contributed by atoms with Gasteiger partial charge in [0.1, 0.15) is 0 Å². The van der Waals surface area contributed by atoms with Gasteiger partial charge in [-0.05, 0) is 31.4 Å². The number of carbonyl (C=O) groups is 1. The van der Waals surface area contributed by atoms with Gasteiger partial charge in [-0.2, -0.15) is 0 Å². The van der Waals surface area contributed by atoms with Crippen molar-refractivity contribution in [1.29, 1.82) is 0 Å². The van der Waals surface area contributed by atoms with E-state index in [0.29, 0.717) is 12.0 Å². The van der Waals surface area contributed by atoms with Gasteiger partial charge >= 0.3 is 0 Å². The molecular weight excluding hydrogens is 218 g/mol. The Bertz CT molecular complexity index is 507. The van der Waals surface area contributed by atoms with Crippen LogP contribution in [0.25, 0.3) is 0 Å². The Morgan fingerprint density at radius 3 is 2.82 bits per heavy atom. The van der Waals surface area contributed by atoms with Crippen molar-refractivity contribution in [2.24, 2.45) is 5.41 Å². The molecule has 1 atom stereocenters. The summed E-state index contributed by atoms with van der Waals surface area (Å²) in [5.41, 5.74) is 0.972. The number of ketones is 1. The molecule has 0 aromatic heterocycles. The maximum atomic E-state index is 12.3. The van der Waals surface area contributed by atoms with Gasteiger partial charge in [0.25, 0.3) is 0 Å². The Labute approximate surface area is 99.1 Å². The van der Waals surface area contributed by atoms with Gasteiger partial charge in [0.05, 0.1) is 10.3 Å². The highest BCUT2D eigenvalue weighted by molar-refractivity contribution is 6.03. The van der Waals surface area contributed by atoms with Crippen LogP contribution in [0.15, 0.2) is 36.5 Å². The van der Waals surface area contributed by atoms with Crippen LogP contribution in [0, 0.1) is 15.5 Å². The van der Waals surface area contributed by atoms with Crippen LogP contribution in [0.1, 0.15) is 29.3 Å². The number of rotatable bonds is 2. The highest BCUT2D eigenvalue weighted by Crippen LogP contribution is 2.36. The van der Waals surface area contributed by atoms with Crippen molar-refractivity contribution >= 4 is 5.78 Å². The molecule has 1 aromatic carbocycles. The van der Waals surface area contributed by atoms with Crippen molar-refractivity contribution in [2.75, 3.05) is 0 Å². The molecule has 0 saturated carbocycles. The Morgan fingerprint density at radius 2 is 2.12 bits per heavy atom. The standard InChI is InChI=1S/C13H13NO3/c1-13(8-9-14(16)17)7-6-10-4-2-3-5-11(10)12(13)15/h2-5,8-9H,6-7H2,1H3. The summed E-state index contributed by atoms with van der Waals surface area (Å²) in [7, 11) is 0. The summed E-state index contributed by atoms with van der Waals surface area (Å²) < 4.78 is 0. The van der Waals surface area contributed by atoms with Crippen molar-refractivity contribution in [3.8, 4) is 0 Å². The van der Waals surface area contributed by atoms with Gasteiger partial charge in [-0.1, -0.05) is 24.3 Å². The Balaban J connectivity index is 2.37. The maximum Gasteiger partial charge on any atom is 0.231 e. The highest BCUT2D eigenvalue weighted by Gasteiger charge is 2.36. The van der Waals surface area contributed by atoms with Crippen LogP contribution in [-0.4, -0.2) is 10.7 Å². The fraction of sp³-hybridized carbons (Fsp3) is 0.308. The zero-order valence-corrected chi connectivity index (χ0v) is 9.55. The SMILES string of the molecule is CC1(C=C[N+](=O)[O-])CCc2ccccc2C1=O. The quantitative estimate of drug-likeness (QED) is 0.580. The summed E-state index contributed by atoms with van der Waals surface area (Å²) in [5, 5.41) is 10.3. The van der Waals surface area contributed by atoms with E-state index in [4.69, 9.17) is 0 Å². The molecule has 0 saturated heterocycles. The second-order valence-corrected chi connectivity index (χ2v) is 4.50. The number of fused-ring (bicyclic) bond motifs is 1. The smallest absolute Gasteiger partial charge is 0.231 e. The summed E-state index contributed by atoms with van der Waals surface area (Å²) in [5.74, 6) is -0.0301. The zero-order chi connectivity index (χ0) is 12.5. The number of aryl methyl sites for hydroxylation is 1. The minimum atomic E-state index is -0.749. The zero-order valence-electron chi connectivity index (χ0n) is 9.55. The van der Waals surface area contributed by atoms with E-state index in [9.17, 15) is 14.9 Å². The van der Waals surface area contributed by atoms with Crippen molar-refractivity contribution in [3.63, 3.8) is 0 Å². The van der Waals surface area contributed by atoms with Crippen molar-refractivity contribution in [2.45, 2.75) is 19.8 Å². The second-order valence-electron chi connectivity index (χ2n) is 4.50. The fourth-order valence-electron chi connectivity index (χ4n) is 2.16. The van der Waals surface area contributed by atoms with Crippen LogP contribution in [0.4, 0.5) is 0 Å². The Kier molecular flexibility index (Phi) is 2.79. The third-order valence-electron chi connectivity index (χ3n) is 3.26. The third kappa shape index (κ3) is 2.11. The molecule has 4 nitrogen and oxygen atoms in total. The van der Waals surface area contributed by atoms with Crippen molar-refractivity contribution < 1.29 is 9.72 Å². The first-order chi connectivity index (χ1) is 8.03. The summed E-state index contributed by atoms with van der Waals surface area (Å²) >= 11 is 0. The van der Waals surface area contributed by atoms with Crippen LogP contribution in [-0.2, 0) is 6.42 Å². The average Bonchev–Trinajstić information content (AvgIpc) is 2.32. The van der Waals surface area contributed by atoms with Crippen molar-refractivity contribution in [3.05, 3.63) is 57.8 Å². The second kappa shape index (κ2) is 4.13. The Hall–Kier alpha value is -1.97. The lowest BCUT2D eigenvalue weighted by molar-refractivity contribution is -0.403. The van der Waals surface area contributed by atoms with E-state index >= 15 is 0 Å². The number of Topliss-reactive ketones (excluding diaryl/α,β-unsaturated/α-hetero) is 1. The maximum absolute atomic E-state index is 12.3. The molecule has 2 rings (SSSR count). The van der Waals surface area contributed by atoms with E-state index in [-0.39, 0.29) is 5.78 Å². The van der Waals surface area contributed by atoms with E-state index in [1.165, 1.54) is 6.08 Å². The molecule has 0 heterocycles. The molecule has 17 heavy (non-hydrogen) atoms. The molecule has 0 spiro atoms. The lowest BCUT2D eigenvalue weighted by atomic mass is 9.72. The number of nitrogens with zero attached hydrogens (tertiary/aromatic N) is 1. The minimum absolute atomic E-state index is 0.0301. The summed E-state index contributed by atoms with van der Waals surface area (Å²) in [6.45, 7) is 1.76. The fourth-order valence-corrected chi connectivity index (χ4v) is 2.16. The predicted molar refractivity (Wildman–Crippen MR) is 63.3 cm³/mol. The third-order valence-corrected chi connectivity index (χ3v) is 3.26. The largest absolute Gasteiger partial charge is 0.293 e. The molecule has 1 aliphatic rings. The molecular formula is C13H13NO3. The molecule has 0 bridgehead atoms. The van der Waals surface area contributed by atoms with Crippen LogP contribution >= 0.6 is 0 Å². The molecule has 0 aliphatic heterocycles. The van der Waals surface area contributed by atoms with E-state index in [1.807, 2.05) is 18.2 Å². The van der Waals surface area contributed by atoms with Crippen LogP contribution in [0.2, 0.25) is 0 Å². The molecule has 4 heteroatoms. The van der Waals surface area contributed by atoms with Crippen LogP contribution < -0.4 is 0 Å². The van der Waals surface area contributed by atoms with Gasteiger partial charge in [-0.3, -0.25) is 14.9 Å². The summed E-state index contributed by atoms with van der Waals surface area (Å²) in [6.07, 6.45) is 3.67. The van der Waals surface area contributed by atoms with Gasteiger partial charge in [-0.25, -0.2) is 0 Å². The van der Waals surface area contributed by atoms with Gasteiger partial charge in [-0.15, -0.1) is 0 Å². The molecule has 1 aliphatic carbocycles. The molecule has 0 amide bonds. The number of benzene rings is 1. The van der Waals surface area contributed by atoms with Crippen LogP contribution in [0.3, 0.4) is 0 Å². The van der Waals surface area contributed by atoms with E-state index in [2.05, 4.69) is 0 Å². The van der Waals surface area contributed by atoms with E-state index in [0.717, 1.165) is 18.2 Å². The van der Waals surface area contributed by atoms with E-state index in [1.54, 1.807) is 13.0 Å².